The van der Waals surface area contributed by atoms with Gasteiger partial charge in [0.2, 0.25) is 0 Å². The summed E-state index contributed by atoms with van der Waals surface area (Å²) in [5.41, 5.74) is 4.29. The predicted octanol–water partition coefficient (Wildman–Crippen LogP) is 4.23. The van der Waals surface area contributed by atoms with Crippen LogP contribution in [0.25, 0.3) is 16.4 Å². The van der Waals surface area contributed by atoms with Crippen LogP contribution in [0, 0.1) is 10.1 Å². The smallest absolute Gasteiger partial charge is 0.271 e. The third kappa shape index (κ3) is 3.03. The van der Waals surface area contributed by atoms with Crippen molar-refractivity contribution in [3.05, 3.63) is 63.5 Å². The molecule has 0 radical (unpaired) electrons. The van der Waals surface area contributed by atoms with Gasteiger partial charge in [-0.25, -0.2) is 0 Å². The summed E-state index contributed by atoms with van der Waals surface area (Å²) in [6.45, 7) is 3.35. The zero-order valence-electron chi connectivity index (χ0n) is 18.9. The highest BCUT2D eigenvalue weighted by Gasteiger charge is 2.32. The number of non-ortho nitro benzene ring substituents is 1. The fraction of sp³-hybridized carbons (Fsp3) is 0.400. The summed E-state index contributed by atoms with van der Waals surface area (Å²) in [7, 11) is 0. The first-order chi connectivity index (χ1) is 16.7. The average molecular weight is 456 g/mol. The van der Waals surface area contributed by atoms with E-state index in [2.05, 4.69) is 32.1 Å². The lowest BCUT2D eigenvalue weighted by Crippen LogP contribution is -2.33. The van der Waals surface area contributed by atoms with E-state index >= 15 is 0 Å². The molecule has 9 heteroatoms. The number of hydrogen-bond donors (Lipinski definition) is 0. The number of fused-ring (bicyclic) bond motifs is 4. The molecule has 9 nitrogen and oxygen atoms in total. The number of rotatable bonds is 4. The standard InChI is InChI=1S/C25H25N7O2/c33-32(34)18-13-17-15-30(12-9-19(17)22(14-18)29-10-3-4-11-29)25-21-6-2-1-5-20(21)24-27-26-23(16-7-8-16)31(24)28-25/h1-2,5-6,13-14,16H,3-4,7-12,15H2. The van der Waals surface area contributed by atoms with Gasteiger partial charge in [-0.1, -0.05) is 24.3 Å². The van der Waals surface area contributed by atoms with Gasteiger partial charge in [-0.05, 0) is 43.2 Å². The molecule has 7 rings (SSSR count). The lowest BCUT2D eigenvalue weighted by Gasteiger charge is -2.33. The van der Waals surface area contributed by atoms with Gasteiger partial charge in [-0.15, -0.1) is 15.3 Å². The highest BCUT2D eigenvalue weighted by atomic mass is 16.6. The van der Waals surface area contributed by atoms with E-state index in [1.165, 1.54) is 5.56 Å². The fourth-order valence-electron chi connectivity index (χ4n) is 5.60. The van der Waals surface area contributed by atoms with Gasteiger partial charge in [0, 0.05) is 60.7 Å². The maximum absolute atomic E-state index is 11.7. The molecular weight excluding hydrogens is 430 g/mol. The van der Waals surface area contributed by atoms with E-state index in [1.54, 1.807) is 12.1 Å². The first kappa shape index (κ1) is 19.7. The minimum Gasteiger partial charge on any atom is -0.371 e. The second kappa shape index (κ2) is 7.38. The molecule has 3 aliphatic rings. The van der Waals surface area contributed by atoms with Gasteiger partial charge >= 0.3 is 0 Å². The summed E-state index contributed by atoms with van der Waals surface area (Å²) < 4.78 is 1.92. The molecule has 34 heavy (non-hydrogen) atoms. The van der Waals surface area contributed by atoms with Crippen molar-refractivity contribution in [3.8, 4) is 0 Å². The summed E-state index contributed by atoms with van der Waals surface area (Å²) in [6, 6.07) is 11.7. The quantitative estimate of drug-likeness (QED) is 0.336. The Morgan fingerprint density at radius 1 is 0.971 bits per heavy atom. The Hall–Kier alpha value is -3.75. The van der Waals surface area contributed by atoms with Gasteiger partial charge in [0.05, 0.1) is 4.92 Å². The predicted molar refractivity (Wildman–Crippen MR) is 130 cm³/mol. The molecule has 1 saturated carbocycles. The van der Waals surface area contributed by atoms with Crippen LogP contribution in [0.5, 0.6) is 0 Å². The summed E-state index contributed by atoms with van der Waals surface area (Å²) in [5.74, 6) is 2.26. The average Bonchev–Trinajstić information content (AvgIpc) is 3.38. The van der Waals surface area contributed by atoms with Crippen LogP contribution >= 0.6 is 0 Å². The second-order valence-corrected chi connectivity index (χ2v) is 9.66. The van der Waals surface area contributed by atoms with Crippen molar-refractivity contribution in [2.24, 2.45) is 0 Å². The molecular formula is C25H25N7O2. The van der Waals surface area contributed by atoms with Crippen LogP contribution < -0.4 is 9.80 Å². The molecule has 4 heterocycles. The molecule has 0 N–H and O–H groups in total. The molecule has 0 atom stereocenters. The highest BCUT2D eigenvalue weighted by Crippen LogP contribution is 2.41. The monoisotopic (exact) mass is 455 g/mol. The second-order valence-electron chi connectivity index (χ2n) is 9.66. The van der Waals surface area contributed by atoms with E-state index in [1.807, 2.05) is 16.6 Å². The Labute approximate surface area is 196 Å². The van der Waals surface area contributed by atoms with Crippen molar-refractivity contribution in [2.45, 2.75) is 44.6 Å². The molecule has 0 amide bonds. The van der Waals surface area contributed by atoms with E-state index in [0.29, 0.717) is 12.5 Å². The SMILES string of the molecule is O=[N+]([O-])c1cc2c(c(N3CCCC3)c1)CCN(c1nn3c(C4CC4)nnc3c3ccccc13)C2. The highest BCUT2D eigenvalue weighted by molar-refractivity contribution is 6.00. The van der Waals surface area contributed by atoms with Crippen molar-refractivity contribution < 1.29 is 4.92 Å². The molecule has 1 saturated heterocycles. The van der Waals surface area contributed by atoms with Crippen LogP contribution in [0.3, 0.4) is 0 Å². The van der Waals surface area contributed by atoms with Crippen molar-refractivity contribution >= 4 is 33.6 Å². The summed E-state index contributed by atoms with van der Waals surface area (Å²) >= 11 is 0. The minimum absolute atomic E-state index is 0.172. The van der Waals surface area contributed by atoms with Crippen molar-refractivity contribution in [1.29, 1.82) is 0 Å². The van der Waals surface area contributed by atoms with Gasteiger partial charge in [0.1, 0.15) is 0 Å². The van der Waals surface area contributed by atoms with E-state index in [-0.39, 0.29) is 10.6 Å². The van der Waals surface area contributed by atoms with Gasteiger partial charge in [-0.3, -0.25) is 10.1 Å². The topological polar surface area (TPSA) is 92.7 Å². The third-order valence-corrected chi connectivity index (χ3v) is 7.46. The van der Waals surface area contributed by atoms with Gasteiger partial charge in [-0.2, -0.15) is 4.52 Å². The van der Waals surface area contributed by atoms with Gasteiger partial charge in [0.25, 0.3) is 5.69 Å². The van der Waals surface area contributed by atoms with Crippen LogP contribution in [0.1, 0.15) is 48.6 Å². The van der Waals surface area contributed by atoms with Crippen LogP contribution in [0.15, 0.2) is 36.4 Å². The van der Waals surface area contributed by atoms with Crippen LogP contribution in [0.2, 0.25) is 0 Å². The Morgan fingerprint density at radius 2 is 1.76 bits per heavy atom. The van der Waals surface area contributed by atoms with Crippen LogP contribution in [0.4, 0.5) is 17.2 Å². The van der Waals surface area contributed by atoms with Crippen molar-refractivity contribution in [2.75, 3.05) is 29.4 Å². The van der Waals surface area contributed by atoms with Gasteiger partial charge < -0.3 is 9.80 Å². The number of hydrogen-bond acceptors (Lipinski definition) is 7. The number of benzene rings is 2. The first-order valence-corrected chi connectivity index (χ1v) is 12.1. The maximum atomic E-state index is 11.7. The Balaban J connectivity index is 1.36. The zero-order valence-corrected chi connectivity index (χ0v) is 18.9. The fourth-order valence-corrected chi connectivity index (χ4v) is 5.60. The van der Waals surface area contributed by atoms with Crippen molar-refractivity contribution in [3.63, 3.8) is 0 Å². The van der Waals surface area contributed by atoms with E-state index in [9.17, 15) is 10.1 Å². The van der Waals surface area contributed by atoms with Gasteiger partial charge in [0.15, 0.2) is 17.3 Å². The number of nitro groups is 1. The molecule has 2 fully saturated rings. The Morgan fingerprint density at radius 3 is 2.53 bits per heavy atom. The number of anilines is 2. The molecule has 0 bridgehead atoms. The lowest BCUT2D eigenvalue weighted by atomic mass is 9.96. The first-order valence-electron chi connectivity index (χ1n) is 12.1. The largest absolute Gasteiger partial charge is 0.371 e. The molecule has 4 aromatic rings. The summed E-state index contributed by atoms with van der Waals surface area (Å²) in [5, 5.41) is 27.8. The molecule has 1 aliphatic carbocycles. The molecule has 0 unspecified atom stereocenters. The maximum Gasteiger partial charge on any atom is 0.271 e. The molecule has 2 aromatic heterocycles. The zero-order chi connectivity index (χ0) is 22.8. The number of aromatic nitrogens is 4. The molecule has 172 valence electrons. The Bertz CT molecular complexity index is 1450. The van der Waals surface area contributed by atoms with Crippen LogP contribution in [-0.4, -0.2) is 44.4 Å². The molecule has 2 aliphatic heterocycles. The molecule has 2 aromatic carbocycles. The normalized spacial score (nSPS) is 18.1. The third-order valence-electron chi connectivity index (χ3n) is 7.46. The summed E-state index contributed by atoms with van der Waals surface area (Å²) in [4.78, 5) is 16.1. The molecule has 0 spiro atoms. The lowest BCUT2D eigenvalue weighted by molar-refractivity contribution is -0.384. The van der Waals surface area contributed by atoms with Crippen LogP contribution in [-0.2, 0) is 13.0 Å². The minimum atomic E-state index is -0.266. The number of nitro benzene ring substituents is 1. The van der Waals surface area contributed by atoms with Crippen molar-refractivity contribution in [1.82, 2.24) is 19.8 Å². The Kier molecular flexibility index (Phi) is 4.27. The number of nitrogens with zero attached hydrogens (tertiary/aromatic N) is 7. The van der Waals surface area contributed by atoms with E-state index in [0.717, 1.165) is 91.1 Å². The van der Waals surface area contributed by atoms with E-state index in [4.69, 9.17) is 5.10 Å². The summed E-state index contributed by atoms with van der Waals surface area (Å²) in [6.07, 6.45) is 5.38. The van der Waals surface area contributed by atoms with E-state index < -0.39 is 0 Å².